The molecule has 0 saturated heterocycles. The maximum atomic E-state index is 11.5. The van der Waals surface area contributed by atoms with Crippen LogP contribution in [0.3, 0.4) is 0 Å². The molecule has 2 aromatic rings. The van der Waals surface area contributed by atoms with E-state index in [1.54, 1.807) is 6.92 Å². The Bertz CT molecular complexity index is 478. The van der Waals surface area contributed by atoms with E-state index in [9.17, 15) is 4.79 Å². The number of benzene rings is 1. The maximum Gasteiger partial charge on any atom is 0.326 e. The van der Waals surface area contributed by atoms with Gasteiger partial charge in [0.25, 0.3) is 0 Å². The lowest BCUT2D eigenvalue weighted by Crippen LogP contribution is -2.10. The smallest absolute Gasteiger partial charge is 0.326 e. The Balaban J connectivity index is 2.29. The Morgan fingerprint density at radius 2 is 2.31 bits per heavy atom. The van der Waals surface area contributed by atoms with Crippen LogP contribution in [0.2, 0.25) is 0 Å². The van der Waals surface area contributed by atoms with E-state index in [4.69, 9.17) is 4.74 Å². The highest BCUT2D eigenvalue weighted by atomic mass is 79.9. The molecule has 5 heteroatoms. The van der Waals surface area contributed by atoms with E-state index in [2.05, 4.69) is 20.9 Å². The van der Waals surface area contributed by atoms with Crippen molar-refractivity contribution in [3.8, 4) is 0 Å². The van der Waals surface area contributed by atoms with Crippen LogP contribution in [0.15, 0.2) is 24.3 Å². The molecule has 0 saturated carbocycles. The number of halogens is 1. The van der Waals surface area contributed by atoms with Gasteiger partial charge in [0.2, 0.25) is 0 Å². The van der Waals surface area contributed by atoms with Crippen molar-refractivity contribution >= 4 is 43.5 Å². The Labute approximate surface area is 106 Å². The Kier molecular flexibility index (Phi) is 3.56. The predicted molar refractivity (Wildman–Crippen MR) is 67.9 cm³/mol. The Morgan fingerprint density at radius 3 is 3.00 bits per heavy atom. The summed E-state index contributed by atoms with van der Waals surface area (Å²) in [5, 5.41) is 0.736. The molecule has 0 N–H and O–H groups in total. The zero-order valence-electron chi connectivity index (χ0n) is 8.64. The van der Waals surface area contributed by atoms with Gasteiger partial charge in [-0.25, -0.2) is 4.98 Å². The second kappa shape index (κ2) is 4.93. The van der Waals surface area contributed by atoms with Gasteiger partial charge in [-0.15, -0.1) is 11.3 Å². The van der Waals surface area contributed by atoms with E-state index in [0.29, 0.717) is 6.61 Å². The molecular formula is C11H10BrNO2S. The first-order valence-electron chi connectivity index (χ1n) is 4.88. The average molecular weight is 300 g/mol. The van der Waals surface area contributed by atoms with Crippen LogP contribution < -0.4 is 0 Å². The highest BCUT2D eigenvalue weighted by molar-refractivity contribution is 9.09. The molecule has 2 rings (SSSR count). The molecule has 0 aliphatic rings. The van der Waals surface area contributed by atoms with Crippen LogP contribution in [0.5, 0.6) is 0 Å². The van der Waals surface area contributed by atoms with Crippen LogP contribution in [0.4, 0.5) is 0 Å². The van der Waals surface area contributed by atoms with Crippen LogP contribution >= 0.6 is 27.3 Å². The number of carbonyl (C=O) groups excluding carboxylic acids is 1. The molecule has 0 radical (unpaired) electrons. The Hall–Kier alpha value is -0.940. The van der Waals surface area contributed by atoms with Crippen molar-refractivity contribution in [3.05, 3.63) is 29.3 Å². The highest BCUT2D eigenvalue weighted by Gasteiger charge is 2.22. The van der Waals surface area contributed by atoms with E-state index in [0.717, 1.165) is 15.2 Å². The quantitative estimate of drug-likeness (QED) is 0.645. The zero-order chi connectivity index (χ0) is 11.5. The van der Waals surface area contributed by atoms with Gasteiger partial charge in [0.05, 0.1) is 16.8 Å². The highest BCUT2D eigenvalue weighted by Crippen LogP contribution is 2.31. The molecule has 1 aromatic heterocycles. The van der Waals surface area contributed by atoms with Crippen molar-refractivity contribution in [2.75, 3.05) is 6.61 Å². The van der Waals surface area contributed by atoms with Crippen molar-refractivity contribution in [2.24, 2.45) is 0 Å². The van der Waals surface area contributed by atoms with Gasteiger partial charge < -0.3 is 4.74 Å². The van der Waals surface area contributed by atoms with Crippen molar-refractivity contribution < 1.29 is 9.53 Å². The third-order valence-corrected chi connectivity index (χ3v) is 4.23. The minimum atomic E-state index is -0.468. The number of rotatable bonds is 3. The van der Waals surface area contributed by atoms with E-state index in [1.807, 2.05) is 24.3 Å². The fourth-order valence-electron chi connectivity index (χ4n) is 1.31. The van der Waals surface area contributed by atoms with Crippen LogP contribution in [-0.4, -0.2) is 17.6 Å². The van der Waals surface area contributed by atoms with E-state index in [1.165, 1.54) is 11.3 Å². The van der Waals surface area contributed by atoms with Crippen LogP contribution in [-0.2, 0) is 9.53 Å². The summed E-state index contributed by atoms with van der Waals surface area (Å²) in [6.07, 6.45) is 0. The molecule has 0 spiro atoms. The fourth-order valence-corrected chi connectivity index (χ4v) is 2.76. The summed E-state index contributed by atoms with van der Waals surface area (Å²) in [5.74, 6) is -0.290. The number of nitrogens with zero attached hydrogens (tertiary/aromatic N) is 1. The summed E-state index contributed by atoms with van der Waals surface area (Å²) in [4.78, 5) is 15.4. The molecule has 0 fully saturated rings. The third-order valence-electron chi connectivity index (χ3n) is 2.02. The standard InChI is InChI=1S/C11H10BrNO2S/c1-2-15-11(14)9(12)10-13-7-5-3-4-6-8(7)16-10/h3-6,9H,2H2,1H3. The first-order valence-corrected chi connectivity index (χ1v) is 6.61. The lowest BCUT2D eigenvalue weighted by atomic mass is 10.3. The van der Waals surface area contributed by atoms with Gasteiger partial charge in [-0.05, 0) is 19.1 Å². The average Bonchev–Trinajstić information content (AvgIpc) is 2.71. The monoisotopic (exact) mass is 299 g/mol. The van der Waals surface area contributed by atoms with E-state index >= 15 is 0 Å². The van der Waals surface area contributed by atoms with E-state index < -0.39 is 4.83 Å². The largest absolute Gasteiger partial charge is 0.465 e. The molecule has 84 valence electrons. The number of esters is 1. The molecule has 0 aliphatic heterocycles. The number of para-hydroxylation sites is 1. The van der Waals surface area contributed by atoms with Crippen molar-refractivity contribution in [1.82, 2.24) is 4.98 Å². The first-order chi connectivity index (χ1) is 7.72. The SMILES string of the molecule is CCOC(=O)C(Br)c1nc2ccccc2s1. The minimum Gasteiger partial charge on any atom is -0.465 e. The number of carbonyl (C=O) groups is 1. The van der Waals surface area contributed by atoms with Crippen molar-refractivity contribution in [1.29, 1.82) is 0 Å². The van der Waals surface area contributed by atoms with E-state index in [-0.39, 0.29) is 5.97 Å². The van der Waals surface area contributed by atoms with Crippen molar-refractivity contribution in [3.63, 3.8) is 0 Å². The van der Waals surface area contributed by atoms with Gasteiger partial charge in [0, 0.05) is 0 Å². The molecule has 1 atom stereocenters. The number of hydrogen-bond acceptors (Lipinski definition) is 4. The summed E-state index contributed by atoms with van der Waals surface area (Å²) in [6.45, 7) is 2.17. The first kappa shape index (κ1) is 11.5. The number of hydrogen-bond donors (Lipinski definition) is 0. The normalized spacial score (nSPS) is 12.6. The molecule has 0 amide bonds. The number of ether oxygens (including phenoxy) is 1. The molecule has 1 heterocycles. The Morgan fingerprint density at radius 1 is 1.56 bits per heavy atom. The molecule has 0 aliphatic carbocycles. The predicted octanol–water partition coefficient (Wildman–Crippen LogP) is 3.30. The van der Waals surface area contributed by atoms with Gasteiger partial charge in [0.15, 0.2) is 4.83 Å². The number of thiazole rings is 1. The fraction of sp³-hybridized carbons (Fsp3) is 0.273. The molecule has 1 unspecified atom stereocenters. The summed E-state index contributed by atoms with van der Waals surface area (Å²) < 4.78 is 6.01. The summed E-state index contributed by atoms with van der Waals surface area (Å²) in [6, 6.07) is 7.80. The molecule has 3 nitrogen and oxygen atoms in total. The minimum absolute atomic E-state index is 0.290. The van der Waals surface area contributed by atoms with Gasteiger partial charge in [-0.1, -0.05) is 28.1 Å². The van der Waals surface area contributed by atoms with Crippen LogP contribution in [0.1, 0.15) is 16.8 Å². The topological polar surface area (TPSA) is 39.2 Å². The van der Waals surface area contributed by atoms with Gasteiger partial charge in [-0.2, -0.15) is 0 Å². The zero-order valence-corrected chi connectivity index (χ0v) is 11.0. The van der Waals surface area contributed by atoms with Gasteiger partial charge >= 0.3 is 5.97 Å². The third kappa shape index (κ3) is 2.25. The lowest BCUT2D eigenvalue weighted by Gasteiger charge is -2.04. The molecule has 1 aromatic carbocycles. The van der Waals surface area contributed by atoms with Crippen molar-refractivity contribution in [2.45, 2.75) is 11.8 Å². The van der Waals surface area contributed by atoms with Crippen LogP contribution in [0.25, 0.3) is 10.2 Å². The lowest BCUT2D eigenvalue weighted by molar-refractivity contribution is -0.142. The summed E-state index contributed by atoms with van der Waals surface area (Å²) in [5.41, 5.74) is 0.913. The maximum absolute atomic E-state index is 11.5. The number of aromatic nitrogens is 1. The molecule has 16 heavy (non-hydrogen) atoms. The molecular weight excluding hydrogens is 290 g/mol. The van der Waals surface area contributed by atoms with Gasteiger partial charge in [-0.3, -0.25) is 4.79 Å². The van der Waals surface area contributed by atoms with Crippen LogP contribution in [0, 0.1) is 0 Å². The second-order valence-corrected chi connectivity index (χ2v) is 5.11. The van der Waals surface area contributed by atoms with Gasteiger partial charge in [0.1, 0.15) is 5.01 Å². The second-order valence-electron chi connectivity index (χ2n) is 3.13. The summed E-state index contributed by atoms with van der Waals surface area (Å²) >= 11 is 4.80. The summed E-state index contributed by atoms with van der Waals surface area (Å²) in [7, 11) is 0. The number of alkyl halides is 1. The number of fused-ring (bicyclic) bond motifs is 1. The molecule has 0 bridgehead atoms.